The monoisotopic (exact) mass is 446 g/mol. The van der Waals surface area contributed by atoms with Gasteiger partial charge < -0.3 is 5.32 Å². The molecule has 1 aromatic heterocycles. The van der Waals surface area contributed by atoms with Gasteiger partial charge in [0.15, 0.2) is 11.0 Å². The Morgan fingerprint density at radius 2 is 1.62 bits per heavy atom. The van der Waals surface area contributed by atoms with Crippen LogP contribution in [0.2, 0.25) is 0 Å². The summed E-state index contributed by atoms with van der Waals surface area (Å²) in [6, 6.07) is 20.0. The van der Waals surface area contributed by atoms with Crippen molar-refractivity contribution in [2.24, 2.45) is 0 Å². The minimum Gasteiger partial charge on any atom is -0.325 e. The number of nitrogens with zero attached hydrogens (tertiary/aromatic N) is 3. The van der Waals surface area contributed by atoms with E-state index < -0.39 is 0 Å². The molecule has 0 saturated carbocycles. The zero-order valence-corrected chi connectivity index (χ0v) is 18.9. The first-order valence-electron chi connectivity index (χ1n) is 10.2. The number of hydrogen-bond acceptors (Lipinski definition) is 4. The minimum absolute atomic E-state index is 0.139. The first kappa shape index (κ1) is 21.8. The number of amides is 1. The Labute approximate surface area is 190 Å². The van der Waals surface area contributed by atoms with E-state index in [9.17, 15) is 9.18 Å². The van der Waals surface area contributed by atoms with Crippen LogP contribution in [-0.2, 0) is 4.79 Å². The molecule has 4 aromatic rings. The first-order valence-corrected chi connectivity index (χ1v) is 11.2. The second-order valence-electron chi connectivity index (χ2n) is 7.57. The molecular formula is C25H23FN4OS. The second-order valence-corrected chi connectivity index (χ2v) is 8.51. The Morgan fingerprint density at radius 3 is 2.31 bits per heavy atom. The predicted octanol–water partition coefficient (Wildman–Crippen LogP) is 5.73. The number of thioether (sulfide) groups is 1. The molecule has 1 amide bonds. The number of anilines is 1. The van der Waals surface area contributed by atoms with Gasteiger partial charge in [-0.2, -0.15) is 0 Å². The lowest BCUT2D eigenvalue weighted by molar-refractivity contribution is -0.113. The van der Waals surface area contributed by atoms with Gasteiger partial charge in [0.2, 0.25) is 5.91 Å². The molecule has 0 aliphatic heterocycles. The van der Waals surface area contributed by atoms with Crippen LogP contribution in [0, 0.1) is 26.6 Å². The lowest BCUT2D eigenvalue weighted by Crippen LogP contribution is -2.16. The molecule has 0 radical (unpaired) electrons. The predicted molar refractivity (Wildman–Crippen MR) is 127 cm³/mol. The van der Waals surface area contributed by atoms with Crippen LogP contribution in [0.4, 0.5) is 10.1 Å². The molecule has 3 aromatic carbocycles. The highest BCUT2D eigenvalue weighted by atomic mass is 32.2. The van der Waals surface area contributed by atoms with E-state index in [4.69, 9.17) is 0 Å². The van der Waals surface area contributed by atoms with Gasteiger partial charge >= 0.3 is 0 Å². The van der Waals surface area contributed by atoms with Crippen molar-refractivity contribution in [1.29, 1.82) is 0 Å². The first-order chi connectivity index (χ1) is 15.4. The molecule has 0 saturated heterocycles. The van der Waals surface area contributed by atoms with Crippen molar-refractivity contribution < 1.29 is 9.18 Å². The molecule has 0 unspecified atom stereocenters. The van der Waals surface area contributed by atoms with Crippen molar-refractivity contribution in [1.82, 2.24) is 14.8 Å². The summed E-state index contributed by atoms with van der Waals surface area (Å²) >= 11 is 1.26. The normalized spacial score (nSPS) is 10.9. The number of hydrogen-bond donors (Lipinski definition) is 1. The SMILES string of the molecule is Cc1cc(C)c(NC(=O)CSc2nnc(-c3ccccc3F)n2-c2ccccc2)c(C)c1. The van der Waals surface area contributed by atoms with Crippen LogP contribution in [0.3, 0.4) is 0 Å². The maximum Gasteiger partial charge on any atom is 0.234 e. The summed E-state index contributed by atoms with van der Waals surface area (Å²) in [4.78, 5) is 12.7. The van der Waals surface area contributed by atoms with E-state index in [0.717, 1.165) is 28.1 Å². The Kier molecular flexibility index (Phi) is 6.37. The van der Waals surface area contributed by atoms with Gasteiger partial charge in [0.25, 0.3) is 0 Å². The topological polar surface area (TPSA) is 59.8 Å². The smallest absolute Gasteiger partial charge is 0.234 e. The van der Waals surface area contributed by atoms with E-state index in [1.807, 2.05) is 63.2 Å². The van der Waals surface area contributed by atoms with E-state index >= 15 is 0 Å². The van der Waals surface area contributed by atoms with Crippen molar-refractivity contribution in [3.05, 3.63) is 89.2 Å². The highest BCUT2D eigenvalue weighted by Gasteiger charge is 2.19. The van der Waals surface area contributed by atoms with Crippen molar-refractivity contribution in [2.45, 2.75) is 25.9 Å². The average Bonchev–Trinajstić information content (AvgIpc) is 3.19. The quantitative estimate of drug-likeness (QED) is 0.384. The van der Waals surface area contributed by atoms with E-state index in [1.165, 1.54) is 17.8 Å². The fraction of sp³-hybridized carbons (Fsp3) is 0.160. The van der Waals surface area contributed by atoms with Crippen LogP contribution in [0.15, 0.2) is 71.9 Å². The lowest BCUT2D eigenvalue weighted by atomic mass is 10.1. The van der Waals surface area contributed by atoms with Gasteiger partial charge in [0.05, 0.1) is 11.3 Å². The Balaban J connectivity index is 1.61. The standard InChI is InChI=1S/C25H23FN4OS/c1-16-13-17(2)23(18(3)14-16)27-22(31)15-32-25-29-28-24(20-11-7-8-12-21(20)26)30(25)19-9-5-4-6-10-19/h4-14H,15H2,1-3H3,(H,27,31). The lowest BCUT2D eigenvalue weighted by Gasteiger charge is -2.13. The fourth-order valence-corrected chi connectivity index (χ4v) is 4.42. The van der Waals surface area contributed by atoms with Gasteiger partial charge in [-0.1, -0.05) is 59.8 Å². The molecule has 0 fully saturated rings. The van der Waals surface area contributed by atoms with Gasteiger partial charge in [-0.25, -0.2) is 4.39 Å². The van der Waals surface area contributed by atoms with Gasteiger partial charge in [0, 0.05) is 11.4 Å². The molecule has 0 bridgehead atoms. The van der Waals surface area contributed by atoms with Crippen LogP contribution in [0.25, 0.3) is 17.1 Å². The highest BCUT2D eigenvalue weighted by molar-refractivity contribution is 7.99. The zero-order chi connectivity index (χ0) is 22.7. The van der Waals surface area contributed by atoms with Gasteiger partial charge in [-0.15, -0.1) is 10.2 Å². The number of benzene rings is 3. The summed E-state index contributed by atoms with van der Waals surface area (Å²) in [5.41, 5.74) is 5.18. The molecule has 0 spiro atoms. The molecular weight excluding hydrogens is 423 g/mol. The average molecular weight is 447 g/mol. The number of rotatable bonds is 6. The summed E-state index contributed by atoms with van der Waals surface area (Å²) < 4.78 is 16.3. The molecule has 0 aliphatic rings. The van der Waals surface area contributed by atoms with Gasteiger partial charge in [-0.05, 0) is 56.2 Å². The third kappa shape index (κ3) is 4.57. The Bertz CT molecular complexity index is 1250. The molecule has 32 heavy (non-hydrogen) atoms. The van der Waals surface area contributed by atoms with Gasteiger partial charge in [-0.3, -0.25) is 9.36 Å². The minimum atomic E-state index is -0.378. The molecule has 162 valence electrons. The summed E-state index contributed by atoms with van der Waals surface area (Å²) in [6.45, 7) is 6.00. The van der Waals surface area contributed by atoms with Crippen LogP contribution in [0.5, 0.6) is 0 Å². The number of nitrogens with one attached hydrogen (secondary N) is 1. The van der Waals surface area contributed by atoms with Crippen LogP contribution < -0.4 is 5.32 Å². The summed E-state index contributed by atoms with van der Waals surface area (Å²) in [5, 5.41) is 12.0. The maximum absolute atomic E-state index is 14.5. The number of halogens is 1. The van der Waals surface area contributed by atoms with E-state index in [-0.39, 0.29) is 17.5 Å². The third-order valence-corrected chi connectivity index (χ3v) is 5.97. The van der Waals surface area contributed by atoms with Crippen LogP contribution in [0.1, 0.15) is 16.7 Å². The molecule has 4 rings (SSSR count). The molecule has 0 atom stereocenters. The molecule has 7 heteroatoms. The van der Waals surface area contributed by atoms with Crippen molar-refractivity contribution >= 4 is 23.4 Å². The van der Waals surface area contributed by atoms with E-state index in [0.29, 0.717) is 16.5 Å². The molecule has 5 nitrogen and oxygen atoms in total. The zero-order valence-electron chi connectivity index (χ0n) is 18.1. The molecule has 1 N–H and O–H groups in total. The van der Waals surface area contributed by atoms with E-state index in [2.05, 4.69) is 15.5 Å². The van der Waals surface area contributed by atoms with Crippen molar-refractivity contribution in [2.75, 3.05) is 11.1 Å². The fourth-order valence-electron chi connectivity index (χ4n) is 3.67. The summed E-state index contributed by atoms with van der Waals surface area (Å²) in [6.07, 6.45) is 0. The van der Waals surface area contributed by atoms with Gasteiger partial charge in [0.1, 0.15) is 5.82 Å². The number of carbonyl (C=O) groups is 1. The second kappa shape index (κ2) is 9.36. The van der Waals surface area contributed by atoms with Crippen molar-refractivity contribution in [3.8, 4) is 17.1 Å². The molecule has 0 aliphatic carbocycles. The highest BCUT2D eigenvalue weighted by Crippen LogP contribution is 2.29. The summed E-state index contributed by atoms with van der Waals surface area (Å²) in [5.74, 6) is 0.0221. The summed E-state index contributed by atoms with van der Waals surface area (Å²) in [7, 11) is 0. The van der Waals surface area contributed by atoms with Crippen molar-refractivity contribution in [3.63, 3.8) is 0 Å². The number of para-hydroxylation sites is 1. The molecule has 1 heterocycles. The van der Waals surface area contributed by atoms with Crippen LogP contribution in [-0.4, -0.2) is 26.4 Å². The maximum atomic E-state index is 14.5. The number of carbonyl (C=O) groups excluding carboxylic acids is 1. The Morgan fingerprint density at radius 1 is 0.969 bits per heavy atom. The third-order valence-electron chi connectivity index (χ3n) is 5.04. The number of aromatic nitrogens is 3. The largest absolute Gasteiger partial charge is 0.325 e. The Hall–Kier alpha value is -3.45. The van der Waals surface area contributed by atoms with E-state index in [1.54, 1.807) is 22.8 Å². The number of aryl methyl sites for hydroxylation is 3. The van der Waals surface area contributed by atoms with Crippen LogP contribution >= 0.6 is 11.8 Å².